The molecule has 0 aromatic heterocycles. The Morgan fingerprint density at radius 3 is 2.94 bits per heavy atom. The molecule has 1 aromatic carbocycles. The van der Waals surface area contributed by atoms with Gasteiger partial charge in [-0.05, 0) is 18.7 Å². The molecule has 100 valence electrons. The van der Waals surface area contributed by atoms with E-state index in [9.17, 15) is 4.39 Å². The van der Waals surface area contributed by atoms with Crippen LogP contribution in [0.4, 0.5) is 4.39 Å². The molecule has 3 nitrogen and oxygen atoms in total. The quantitative estimate of drug-likeness (QED) is 0.895. The van der Waals surface area contributed by atoms with Gasteiger partial charge in [0.2, 0.25) is 0 Å². The molecule has 3 unspecified atom stereocenters. The van der Waals surface area contributed by atoms with E-state index in [0.717, 1.165) is 13.0 Å². The first-order chi connectivity index (χ1) is 8.67. The Morgan fingerprint density at radius 1 is 1.50 bits per heavy atom. The van der Waals surface area contributed by atoms with Gasteiger partial charge in [0.1, 0.15) is 12.2 Å². The largest absolute Gasteiger partial charge is 0.484 e. The monoisotopic (exact) mass is 273 g/mol. The zero-order valence-corrected chi connectivity index (χ0v) is 11.2. The molecule has 18 heavy (non-hydrogen) atoms. The summed E-state index contributed by atoms with van der Waals surface area (Å²) in [6, 6.07) is 5.02. The molecule has 0 bridgehead atoms. The van der Waals surface area contributed by atoms with Crippen LogP contribution in [0.5, 0.6) is 5.75 Å². The molecule has 1 N–H and O–H groups in total. The minimum Gasteiger partial charge on any atom is -0.484 e. The zero-order chi connectivity index (χ0) is 13.1. The first kappa shape index (κ1) is 13.6. The third kappa shape index (κ3) is 2.60. The molecule has 0 heterocycles. The van der Waals surface area contributed by atoms with Gasteiger partial charge in [0.05, 0.1) is 5.02 Å². The summed E-state index contributed by atoms with van der Waals surface area (Å²) in [6.45, 7) is 2.92. The number of methoxy groups -OCH3 is 1. The maximum absolute atomic E-state index is 13.7. The van der Waals surface area contributed by atoms with Crippen LogP contribution in [0.15, 0.2) is 18.2 Å². The van der Waals surface area contributed by atoms with Crippen molar-refractivity contribution >= 4 is 11.6 Å². The summed E-state index contributed by atoms with van der Waals surface area (Å²) in [6.07, 6.45) is 0.619. The molecule has 0 radical (unpaired) electrons. The molecule has 1 aliphatic rings. The van der Waals surface area contributed by atoms with Gasteiger partial charge < -0.3 is 14.8 Å². The lowest BCUT2D eigenvalue weighted by Crippen LogP contribution is -2.60. The molecule has 3 atom stereocenters. The molecule has 1 aromatic rings. The highest BCUT2D eigenvalue weighted by atomic mass is 35.5. The fourth-order valence-electron chi connectivity index (χ4n) is 2.21. The van der Waals surface area contributed by atoms with Gasteiger partial charge in [-0.15, -0.1) is 0 Å². The van der Waals surface area contributed by atoms with E-state index in [0.29, 0.717) is 0 Å². The molecule has 0 saturated heterocycles. The summed E-state index contributed by atoms with van der Waals surface area (Å²) in [5.41, 5.74) is 0. The Kier molecular flexibility index (Phi) is 4.43. The van der Waals surface area contributed by atoms with Crippen LogP contribution in [0.1, 0.15) is 13.3 Å². The normalized spacial score (nSPS) is 26.8. The van der Waals surface area contributed by atoms with Crippen LogP contribution in [0.25, 0.3) is 0 Å². The van der Waals surface area contributed by atoms with E-state index in [-0.39, 0.29) is 29.0 Å². The molecule has 2 rings (SSSR count). The van der Waals surface area contributed by atoms with Crippen molar-refractivity contribution in [1.29, 1.82) is 0 Å². The molecule has 1 fully saturated rings. The van der Waals surface area contributed by atoms with Gasteiger partial charge in [-0.2, -0.15) is 0 Å². The number of halogens is 2. The number of ether oxygens (including phenoxy) is 2. The smallest absolute Gasteiger partial charge is 0.183 e. The second-order valence-electron chi connectivity index (χ2n) is 4.31. The number of rotatable bonds is 5. The second kappa shape index (κ2) is 5.87. The lowest BCUT2D eigenvalue weighted by molar-refractivity contribution is -0.0894. The summed E-state index contributed by atoms with van der Waals surface area (Å²) >= 11 is 5.71. The Morgan fingerprint density at radius 2 is 2.28 bits per heavy atom. The lowest BCUT2D eigenvalue weighted by Gasteiger charge is -2.43. The topological polar surface area (TPSA) is 30.5 Å². The minimum atomic E-state index is -0.513. The predicted octanol–water partition coefficient (Wildman–Crippen LogP) is 2.62. The van der Waals surface area contributed by atoms with Crippen LogP contribution in [-0.2, 0) is 4.74 Å². The fraction of sp³-hybridized carbons (Fsp3) is 0.538. The summed E-state index contributed by atoms with van der Waals surface area (Å²) in [4.78, 5) is 0. The molecular formula is C13H17ClFNO2. The highest BCUT2D eigenvalue weighted by Gasteiger charge is 2.43. The van der Waals surface area contributed by atoms with Crippen molar-refractivity contribution in [3.05, 3.63) is 29.0 Å². The molecule has 1 saturated carbocycles. The van der Waals surface area contributed by atoms with E-state index in [2.05, 4.69) is 5.32 Å². The highest BCUT2D eigenvalue weighted by Crippen LogP contribution is 2.31. The van der Waals surface area contributed by atoms with Crippen molar-refractivity contribution in [1.82, 2.24) is 5.32 Å². The van der Waals surface area contributed by atoms with E-state index in [1.54, 1.807) is 19.2 Å². The highest BCUT2D eigenvalue weighted by molar-refractivity contribution is 6.30. The van der Waals surface area contributed by atoms with Gasteiger partial charge in [-0.25, -0.2) is 4.39 Å². The Labute approximate surface area is 111 Å². The van der Waals surface area contributed by atoms with Crippen LogP contribution in [-0.4, -0.2) is 31.9 Å². The Balaban J connectivity index is 2.00. The number of nitrogens with one attached hydrogen (secondary N) is 1. The molecule has 5 heteroatoms. The Hall–Kier alpha value is -0.840. The van der Waals surface area contributed by atoms with Crippen LogP contribution < -0.4 is 10.1 Å². The van der Waals surface area contributed by atoms with Gasteiger partial charge >= 0.3 is 0 Å². The number of likely N-dealkylation sites (N-methyl/N-ethyl adjacent to an activating group) is 1. The van der Waals surface area contributed by atoms with Crippen LogP contribution in [0.2, 0.25) is 5.02 Å². The SMILES string of the molecule is CCNC1CC(Oc2cccc(Cl)c2F)C1OC. The first-order valence-electron chi connectivity index (χ1n) is 6.04. The van der Waals surface area contributed by atoms with Crippen molar-refractivity contribution in [2.75, 3.05) is 13.7 Å². The van der Waals surface area contributed by atoms with Crippen molar-refractivity contribution in [2.45, 2.75) is 31.6 Å². The molecule has 0 spiro atoms. The van der Waals surface area contributed by atoms with Crippen LogP contribution in [0, 0.1) is 5.82 Å². The average Bonchev–Trinajstić information content (AvgIpc) is 2.33. The molecule has 0 aliphatic heterocycles. The van der Waals surface area contributed by atoms with E-state index in [1.807, 2.05) is 6.92 Å². The summed E-state index contributed by atoms with van der Waals surface area (Å²) in [5, 5.41) is 3.37. The number of hydrogen-bond donors (Lipinski definition) is 1. The maximum atomic E-state index is 13.7. The summed E-state index contributed by atoms with van der Waals surface area (Å²) in [7, 11) is 1.64. The zero-order valence-electron chi connectivity index (χ0n) is 10.5. The standard InChI is InChI=1S/C13H17ClFNO2/c1-3-16-9-7-11(13(9)17-2)18-10-6-4-5-8(14)12(10)15/h4-6,9,11,13,16H,3,7H2,1-2H3. The fourth-order valence-corrected chi connectivity index (χ4v) is 2.38. The Bertz CT molecular complexity index is 416. The summed E-state index contributed by atoms with van der Waals surface area (Å²) in [5.74, 6) is -0.328. The second-order valence-corrected chi connectivity index (χ2v) is 4.72. The van der Waals surface area contributed by atoms with E-state index < -0.39 is 5.82 Å². The van der Waals surface area contributed by atoms with Crippen molar-refractivity contribution in [3.8, 4) is 5.75 Å². The van der Waals surface area contributed by atoms with E-state index >= 15 is 0 Å². The molecule has 1 aliphatic carbocycles. The first-order valence-corrected chi connectivity index (χ1v) is 6.42. The van der Waals surface area contributed by atoms with Crippen molar-refractivity contribution in [3.63, 3.8) is 0 Å². The molecular weight excluding hydrogens is 257 g/mol. The average molecular weight is 274 g/mol. The predicted molar refractivity (Wildman–Crippen MR) is 68.7 cm³/mol. The van der Waals surface area contributed by atoms with E-state index in [1.165, 1.54) is 6.07 Å². The van der Waals surface area contributed by atoms with E-state index in [4.69, 9.17) is 21.1 Å². The summed E-state index contributed by atoms with van der Waals surface area (Å²) < 4.78 is 24.7. The van der Waals surface area contributed by atoms with Gasteiger partial charge in [-0.1, -0.05) is 24.6 Å². The van der Waals surface area contributed by atoms with Gasteiger partial charge in [0.25, 0.3) is 0 Å². The number of benzene rings is 1. The van der Waals surface area contributed by atoms with Crippen molar-refractivity contribution in [2.24, 2.45) is 0 Å². The van der Waals surface area contributed by atoms with Gasteiger partial charge in [0, 0.05) is 19.6 Å². The van der Waals surface area contributed by atoms with Crippen LogP contribution >= 0.6 is 11.6 Å². The minimum absolute atomic E-state index is 0.0525. The number of hydrogen-bond acceptors (Lipinski definition) is 3. The third-order valence-corrected chi connectivity index (χ3v) is 3.47. The van der Waals surface area contributed by atoms with Gasteiger partial charge in [-0.3, -0.25) is 0 Å². The lowest BCUT2D eigenvalue weighted by atomic mass is 9.85. The van der Waals surface area contributed by atoms with Crippen molar-refractivity contribution < 1.29 is 13.9 Å². The maximum Gasteiger partial charge on any atom is 0.183 e. The molecule has 0 amide bonds. The van der Waals surface area contributed by atoms with Crippen LogP contribution in [0.3, 0.4) is 0 Å². The van der Waals surface area contributed by atoms with Gasteiger partial charge in [0.15, 0.2) is 11.6 Å². The third-order valence-electron chi connectivity index (χ3n) is 3.18.